The summed E-state index contributed by atoms with van der Waals surface area (Å²) in [5.74, 6) is 1.45. The molecule has 0 radical (unpaired) electrons. The van der Waals surface area contributed by atoms with Crippen LogP contribution in [-0.2, 0) is 11.0 Å². The summed E-state index contributed by atoms with van der Waals surface area (Å²) in [7, 11) is 0. The molecule has 1 saturated heterocycles. The second-order valence-electron chi connectivity index (χ2n) is 5.95. The predicted octanol–water partition coefficient (Wildman–Crippen LogP) is 1.60. The van der Waals surface area contributed by atoms with Gasteiger partial charge in [-0.05, 0) is 18.6 Å². The minimum atomic E-state index is -4.58. The first-order chi connectivity index (χ1) is 12.3. The number of rotatable bonds is 4. The molecule has 140 valence electrons. The maximum absolute atomic E-state index is 13.1. The summed E-state index contributed by atoms with van der Waals surface area (Å²) < 4.78 is 39.4. The number of alkyl halides is 3. The van der Waals surface area contributed by atoms with Crippen molar-refractivity contribution in [1.29, 1.82) is 0 Å². The maximum atomic E-state index is 13.1. The maximum Gasteiger partial charge on any atom is 0.417 e. The molecule has 1 aliphatic rings. The normalized spacial score (nSPS) is 15.8. The molecule has 0 aliphatic carbocycles. The molecule has 8 heteroatoms. The lowest BCUT2D eigenvalue weighted by molar-refractivity contribution is -0.138. The van der Waals surface area contributed by atoms with Crippen LogP contribution in [0.15, 0.2) is 24.3 Å². The van der Waals surface area contributed by atoms with Gasteiger partial charge in [0, 0.05) is 26.2 Å². The number of terminal acetylenes is 1. The van der Waals surface area contributed by atoms with Crippen LogP contribution in [0.1, 0.15) is 22.3 Å². The molecule has 1 aromatic rings. The third kappa shape index (κ3) is 5.23. The highest BCUT2D eigenvalue weighted by Gasteiger charge is 2.36. The Morgan fingerprint density at radius 3 is 2.58 bits per heavy atom. The molecule has 1 aliphatic heterocycles. The standard InChI is InChI=1S/C18H20F3N3O2/c1-2-8-22-16(25)13-23-9-5-10-24(12-11-23)17(26)14-6-3-4-7-15(14)18(19,20)21/h1,3-4,6-7H,5,8-13H2,(H,22,25). The molecule has 0 aromatic heterocycles. The first-order valence-electron chi connectivity index (χ1n) is 8.21. The Bertz CT molecular complexity index is 698. The van der Waals surface area contributed by atoms with Crippen LogP contribution in [0.2, 0.25) is 0 Å². The predicted molar refractivity (Wildman–Crippen MR) is 90.2 cm³/mol. The molecular formula is C18H20F3N3O2. The fourth-order valence-electron chi connectivity index (χ4n) is 2.83. The second kappa shape index (κ2) is 8.72. The Morgan fingerprint density at radius 2 is 1.88 bits per heavy atom. The number of benzene rings is 1. The lowest BCUT2D eigenvalue weighted by Gasteiger charge is -2.23. The Balaban J connectivity index is 2.02. The van der Waals surface area contributed by atoms with Crippen molar-refractivity contribution in [3.8, 4) is 12.3 Å². The van der Waals surface area contributed by atoms with Crippen LogP contribution in [0.5, 0.6) is 0 Å². The van der Waals surface area contributed by atoms with E-state index in [1.807, 2.05) is 4.90 Å². The number of carbonyl (C=O) groups is 2. The largest absolute Gasteiger partial charge is 0.417 e. The minimum absolute atomic E-state index is 0.142. The molecule has 1 N–H and O–H groups in total. The molecular weight excluding hydrogens is 347 g/mol. The van der Waals surface area contributed by atoms with E-state index in [9.17, 15) is 22.8 Å². The number of nitrogens with one attached hydrogen (secondary N) is 1. The SMILES string of the molecule is C#CCNC(=O)CN1CCCN(C(=O)c2ccccc2C(F)(F)F)CC1. The summed E-state index contributed by atoms with van der Waals surface area (Å²) in [5, 5.41) is 2.56. The van der Waals surface area contributed by atoms with E-state index in [-0.39, 0.29) is 31.1 Å². The number of halogens is 3. The van der Waals surface area contributed by atoms with Gasteiger partial charge in [0.15, 0.2) is 0 Å². The van der Waals surface area contributed by atoms with Crippen LogP contribution in [-0.4, -0.2) is 60.9 Å². The number of nitrogens with zero attached hydrogens (tertiary/aromatic N) is 2. The van der Waals surface area contributed by atoms with Gasteiger partial charge >= 0.3 is 6.18 Å². The molecule has 1 heterocycles. The van der Waals surface area contributed by atoms with Crippen molar-refractivity contribution in [1.82, 2.24) is 15.1 Å². The van der Waals surface area contributed by atoms with E-state index in [0.29, 0.717) is 26.1 Å². The summed E-state index contributed by atoms with van der Waals surface area (Å²) in [6, 6.07) is 4.79. The number of amides is 2. The van der Waals surface area contributed by atoms with Crippen LogP contribution < -0.4 is 5.32 Å². The van der Waals surface area contributed by atoms with Gasteiger partial charge in [-0.15, -0.1) is 6.42 Å². The van der Waals surface area contributed by atoms with E-state index in [4.69, 9.17) is 6.42 Å². The fraction of sp³-hybridized carbons (Fsp3) is 0.444. The van der Waals surface area contributed by atoms with E-state index in [2.05, 4.69) is 11.2 Å². The van der Waals surface area contributed by atoms with Crippen molar-refractivity contribution < 1.29 is 22.8 Å². The van der Waals surface area contributed by atoms with Gasteiger partial charge in [0.05, 0.1) is 24.2 Å². The zero-order valence-electron chi connectivity index (χ0n) is 14.2. The van der Waals surface area contributed by atoms with Crippen LogP contribution in [0.4, 0.5) is 13.2 Å². The molecule has 0 saturated carbocycles. The van der Waals surface area contributed by atoms with Crippen molar-refractivity contribution >= 4 is 11.8 Å². The van der Waals surface area contributed by atoms with E-state index < -0.39 is 17.6 Å². The molecule has 5 nitrogen and oxygen atoms in total. The molecule has 0 unspecified atom stereocenters. The fourth-order valence-corrected chi connectivity index (χ4v) is 2.83. The van der Waals surface area contributed by atoms with Crippen LogP contribution in [0.3, 0.4) is 0 Å². The molecule has 0 atom stereocenters. The smallest absolute Gasteiger partial charge is 0.344 e. The first-order valence-corrected chi connectivity index (χ1v) is 8.21. The highest BCUT2D eigenvalue weighted by molar-refractivity contribution is 5.96. The molecule has 26 heavy (non-hydrogen) atoms. The van der Waals surface area contributed by atoms with Crippen molar-refractivity contribution in [3.05, 3.63) is 35.4 Å². The summed E-state index contributed by atoms with van der Waals surface area (Å²) >= 11 is 0. The van der Waals surface area contributed by atoms with Crippen molar-refractivity contribution in [2.75, 3.05) is 39.3 Å². The van der Waals surface area contributed by atoms with Crippen molar-refractivity contribution in [2.24, 2.45) is 0 Å². The van der Waals surface area contributed by atoms with Gasteiger partial charge in [-0.2, -0.15) is 13.2 Å². The van der Waals surface area contributed by atoms with Gasteiger partial charge in [-0.25, -0.2) is 0 Å². The van der Waals surface area contributed by atoms with Crippen LogP contribution in [0, 0.1) is 12.3 Å². The average molecular weight is 367 g/mol. The molecule has 1 aromatic carbocycles. The first kappa shape index (κ1) is 19.8. The Kier molecular flexibility index (Phi) is 6.64. The molecule has 2 amide bonds. The second-order valence-corrected chi connectivity index (χ2v) is 5.95. The number of hydrogen-bond donors (Lipinski definition) is 1. The Labute approximate surface area is 150 Å². The summed E-state index contributed by atoms with van der Waals surface area (Å²) in [5.41, 5.74) is -1.28. The molecule has 0 spiro atoms. The quantitative estimate of drug-likeness (QED) is 0.823. The van der Waals surface area contributed by atoms with Gasteiger partial charge < -0.3 is 10.2 Å². The van der Waals surface area contributed by atoms with Gasteiger partial charge in [0.25, 0.3) is 5.91 Å². The number of hydrogen-bond acceptors (Lipinski definition) is 3. The highest BCUT2D eigenvalue weighted by atomic mass is 19.4. The lowest BCUT2D eigenvalue weighted by atomic mass is 10.1. The summed E-state index contributed by atoms with van der Waals surface area (Å²) in [6.07, 6.45) is 1.07. The third-order valence-corrected chi connectivity index (χ3v) is 4.09. The van der Waals surface area contributed by atoms with E-state index in [1.165, 1.54) is 23.1 Å². The summed E-state index contributed by atoms with van der Waals surface area (Å²) in [6.45, 7) is 1.87. The minimum Gasteiger partial charge on any atom is -0.344 e. The van der Waals surface area contributed by atoms with Crippen LogP contribution >= 0.6 is 0 Å². The topological polar surface area (TPSA) is 52.7 Å². The molecule has 0 bridgehead atoms. The van der Waals surface area contributed by atoms with E-state index in [1.54, 1.807) is 0 Å². The van der Waals surface area contributed by atoms with Crippen molar-refractivity contribution in [2.45, 2.75) is 12.6 Å². The summed E-state index contributed by atoms with van der Waals surface area (Å²) in [4.78, 5) is 27.6. The van der Waals surface area contributed by atoms with Gasteiger partial charge in [-0.3, -0.25) is 14.5 Å². The van der Waals surface area contributed by atoms with E-state index in [0.717, 1.165) is 6.07 Å². The monoisotopic (exact) mass is 367 g/mol. The number of carbonyl (C=O) groups excluding carboxylic acids is 2. The zero-order chi connectivity index (χ0) is 19.2. The van der Waals surface area contributed by atoms with Crippen molar-refractivity contribution in [3.63, 3.8) is 0 Å². The van der Waals surface area contributed by atoms with Crippen LogP contribution in [0.25, 0.3) is 0 Å². The Morgan fingerprint density at radius 1 is 1.15 bits per heavy atom. The van der Waals surface area contributed by atoms with Gasteiger partial charge in [0.2, 0.25) is 5.91 Å². The van der Waals surface area contributed by atoms with E-state index >= 15 is 0 Å². The van der Waals surface area contributed by atoms with Gasteiger partial charge in [0.1, 0.15) is 0 Å². The van der Waals surface area contributed by atoms with Gasteiger partial charge in [-0.1, -0.05) is 18.1 Å². The molecule has 1 fully saturated rings. The highest BCUT2D eigenvalue weighted by Crippen LogP contribution is 2.32. The zero-order valence-corrected chi connectivity index (χ0v) is 14.2. The lowest BCUT2D eigenvalue weighted by Crippen LogP contribution is -2.40. The Hall–Kier alpha value is -2.53. The average Bonchev–Trinajstić information content (AvgIpc) is 2.84. The molecule has 2 rings (SSSR count). The third-order valence-electron chi connectivity index (χ3n) is 4.09.